The number of hydrogen-bond acceptors (Lipinski definition) is 2. The normalized spacial score (nSPS) is 27.1. The Morgan fingerprint density at radius 2 is 2.26 bits per heavy atom. The summed E-state index contributed by atoms with van der Waals surface area (Å²) in [6, 6.07) is 9.64. The largest absolute Gasteiger partial charge is 0.481 e. The fourth-order valence-electron chi connectivity index (χ4n) is 3.37. The first-order valence-electron chi connectivity index (χ1n) is 6.28. The quantitative estimate of drug-likeness (QED) is 0.879. The van der Waals surface area contributed by atoms with Crippen molar-refractivity contribution >= 4 is 11.5 Å². The summed E-state index contributed by atoms with van der Waals surface area (Å²) in [5, 5.41) is 18.9. The van der Waals surface area contributed by atoms with Crippen molar-refractivity contribution in [3.05, 3.63) is 53.6 Å². The van der Waals surface area contributed by atoms with E-state index in [0.717, 1.165) is 16.7 Å². The molecule has 94 valence electrons. The number of nitriles is 1. The molecular weight excluding hydrogens is 238 g/mol. The molecule has 2 aliphatic rings. The first kappa shape index (κ1) is 11.7. The van der Waals surface area contributed by atoms with Gasteiger partial charge in [0.05, 0.1) is 12.5 Å². The fraction of sp³-hybridized carbons (Fsp3) is 0.250. The van der Waals surface area contributed by atoms with Crippen molar-refractivity contribution in [3.8, 4) is 6.07 Å². The van der Waals surface area contributed by atoms with Crippen LogP contribution < -0.4 is 0 Å². The van der Waals surface area contributed by atoms with E-state index in [4.69, 9.17) is 5.26 Å². The van der Waals surface area contributed by atoms with Gasteiger partial charge >= 0.3 is 5.97 Å². The standard InChI is InChI=1S/C16H13NO2/c17-10-9-16(15(18)19)13-7-3-1-5-11(13)12-6-2-4-8-14(12)16/h1-7,14H,8-9H2,(H,18,19). The molecule has 0 aliphatic heterocycles. The zero-order valence-electron chi connectivity index (χ0n) is 10.3. The molecule has 0 bridgehead atoms. The molecule has 2 aliphatic carbocycles. The predicted molar refractivity (Wildman–Crippen MR) is 71.2 cm³/mol. The average molecular weight is 251 g/mol. The number of carbonyl (C=O) groups is 1. The molecule has 0 saturated heterocycles. The van der Waals surface area contributed by atoms with Gasteiger partial charge in [-0.2, -0.15) is 5.26 Å². The SMILES string of the molecule is N#CCC1(C(=O)O)c2ccccc2C2=CC=CCC21. The molecule has 0 fully saturated rings. The van der Waals surface area contributed by atoms with Crippen molar-refractivity contribution in [3.63, 3.8) is 0 Å². The van der Waals surface area contributed by atoms with Gasteiger partial charge in [0.15, 0.2) is 0 Å². The molecule has 0 amide bonds. The highest BCUT2D eigenvalue weighted by atomic mass is 16.4. The van der Waals surface area contributed by atoms with Gasteiger partial charge in [-0.25, -0.2) is 0 Å². The van der Waals surface area contributed by atoms with Crippen molar-refractivity contribution in [2.75, 3.05) is 0 Å². The number of fused-ring (bicyclic) bond motifs is 3. The molecule has 3 heteroatoms. The molecule has 1 N–H and O–H groups in total. The Kier molecular flexibility index (Phi) is 2.53. The van der Waals surface area contributed by atoms with E-state index in [2.05, 4.69) is 6.07 Å². The first-order chi connectivity index (χ1) is 9.21. The number of carboxylic acid groups (broad SMARTS) is 1. The van der Waals surface area contributed by atoms with Gasteiger partial charge in [0, 0.05) is 5.92 Å². The van der Waals surface area contributed by atoms with Gasteiger partial charge in [-0.15, -0.1) is 0 Å². The number of nitrogens with zero attached hydrogens (tertiary/aromatic N) is 1. The fourth-order valence-corrected chi connectivity index (χ4v) is 3.37. The van der Waals surface area contributed by atoms with Gasteiger partial charge in [0.25, 0.3) is 0 Å². The monoisotopic (exact) mass is 251 g/mol. The van der Waals surface area contributed by atoms with Gasteiger partial charge in [-0.3, -0.25) is 4.79 Å². The lowest BCUT2D eigenvalue weighted by Gasteiger charge is -2.30. The van der Waals surface area contributed by atoms with E-state index in [1.54, 1.807) is 0 Å². The van der Waals surface area contributed by atoms with Crippen LogP contribution in [-0.2, 0) is 10.2 Å². The van der Waals surface area contributed by atoms with Crippen molar-refractivity contribution in [2.45, 2.75) is 18.3 Å². The average Bonchev–Trinajstić information content (AvgIpc) is 2.72. The van der Waals surface area contributed by atoms with E-state index < -0.39 is 11.4 Å². The smallest absolute Gasteiger partial charge is 0.315 e. The Morgan fingerprint density at radius 1 is 1.47 bits per heavy atom. The summed E-state index contributed by atoms with van der Waals surface area (Å²) < 4.78 is 0. The molecule has 0 heterocycles. The molecule has 1 aromatic rings. The summed E-state index contributed by atoms with van der Waals surface area (Å²) in [5.41, 5.74) is 1.72. The van der Waals surface area contributed by atoms with Crippen molar-refractivity contribution in [2.24, 2.45) is 5.92 Å². The summed E-state index contributed by atoms with van der Waals surface area (Å²) >= 11 is 0. The minimum atomic E-state index is -1.10. The maximum absolute atomic E-state index is 11.9. The number of benzene rings is 1. The number of rotatable bonds is 2. The Morgan fingerprint density at radius 3 is 3.00 bits per heavy atom. The van der Waals surface area contributed by atoms with Crippen LogP contribution in [0, 0.1) is 17.2 Å². The van der Waals surface area contributed by atoms with Crippen LogP contribution in [0.15, 0.2) is 42.5 Å². The molecule has 2 atom stereocenters. The van der Waals surface area contributed by atoms with Gasteiger partial charge in [-0.05, 0) is 23.1 Å². The van der Waals surface area contributed by atoms with E-state index in [1.165, 1.54) is 0 Å². The molecule has 3 rings (SSSR count). The summed E-state index contributed by atoms with van der Waals surface area (Å²) in [6.45, 7) is 0. The summed E-state index contributed by atoms with van der Waals surface area (Å²) in [5.74, 6) is -1.03. The van der Waals surface area contributed by atoms with Crippen LogP contribution in [0.5, 0.6) is 0 Å². The van der Waals surface area contributed by atoms with Crippen LogP contribution in [0.2, 0.25) is 0 Å². The zero-order chi connectivity index (χ0) is 13.5. The topological polar surface area (TPSA) is 61.1 Å². The lowest BCUT2D eigenvalue weighted by molar-refractivity contribution is -0.145. The molecule has 0 saturated carbocycles. The highest BCUT2D eigenvalue weighted by Gasteiger charge is 2.54. The summed E-state index contributed by atoms with van der Waals surface area (Å²) in [4.78, 5) is 11.9. The number of hydrogen-bond donors (Lipinski definition) is 1. The van der Waals surface area contributed by atoms with Crippen molar-refractivity contribution in [1.82, 2.24) is 0 Å². The third-order valence-electron chi connectivity index (χ3n) is 4.21. The van der Waals surface area contributed by atoms with Gasteiger partial charge < -0.3 is 5.11 Å². The molecule has 0 radical (unpaired) electrons. The van der Waals surface area contributed by atoms with Crippen molar-refractivity contribution in [1.29, 1.82) is 5.26 Å². The van der Waals surface area contributed by atoms with Gasteiger partial charge in [0.2, 0.25) is 0 Å². The number of aliphatic carboxylic acids is 1. The maximum atomic E-state index is 11.9. The second kappa shape index (κ2) is 4.10. The Hall–Kier alpha value is -2.34. The lowest BCUT2D eigenvalue weighted by Crippen LogP contribution is -2.40. The highest BCUT2D eigenvalue weighted by Crippen LogP contribution is 2.54. The minimum Gasteiger partial charge on any atom is -0.481 e. The highest BCUT2D eigenvalue weighted by molar-refractivity contribution is 5.94. The molecular formula is C16H13NO2. The number of carboxylic acids is 1. The molecule has 2 unspecified atom stereocenters. The van der Waals surface area contributed by atoms with Crippen LogP contribution in [0.1, 0.15) is 24.0 Å². The van der Waals surface area contributed by atoms with Crippen LogP contribution in [0.4, 0.5) is 0 Å². The second-order valence-electron chi connectivity index (χ2n) is 5.00. The second-order valence-corrected chi connectivity index (χ2v) is 5.00. The van der Waals surface area contributed by atoms with E-state index in [1.807, 2.05) is 42.5 Å². The zero-order valence-corrected chi connectivity index (χ0v) is 10.3. The molecule has 1 aromatic carbocycles. The summed E-state index contributed by atoms with van der Waals surface area (Å²) in [7, 11) is 0. The van der Waals surface area contributed by atoms with E-state index in [0.29, 0.717) is 6.42 Å². The number of allylic oxidation sites excluding steroid dienone is 4. The predicted octanol–water partition coefficient (Wildman–Crippen LogP) is 2.90. The van der Waals surface area contributed by atoms with Crippen LogP contribution in [0.3, 0.4) is 0 Å². The summed E-state index contributed by atoms with van der Waals surface area (Å²) in [6.07, 6.45) is 6.61. The van der Waals surface area contributed by atoms with E-state index in [-0.39, 0.29) is 12.3 Å². The Balaban J connectivity index is 2.31. The molecule has 19 heavy (non-hydrogen) atoms. The minimum absolute atomic E-state index is 0.00912. The first-order valence-corrected chi connectivity index (χ1v) is 6.28. The van der Waals surface area contributed by atoms with E-state index in [9.17, 15) is 9.90 Å². The van der Waals surface area contributed by atoms with Gasteiger partial charge in [0.1, 0.15) is 5.41 Å². The Labute approximate surface area is 111 Å². The van der Waals surface area contributed by atoms with Crippen LogP contribution >= 0.6 is 0 Å². The Bertz CT molecular complexity index is 651. The third-order valence-corrected chi connectivity index (χ3v) is 4.21. The van der Waals surface area contributed by atoms with Gasteiger partial charge in [-0.1, -0.05) is 42.5 Å². The van der Waals surface area contributed by atoms with E-state index >= 15 is 0 Å². The maximum Gasteiger partial charge on any atom is 0.315 e. The van der Waals surface area contributed by atoms with Crippen LogP contribution in [0.25, 0.3) is 5.57 Å². The lowest BCUT2D eigenvalue weighted by atomic mass is 9.69. The third kappa shape index (κ3) is 1.40. The van der Waals surface area contributed by atoms with Crippen LogP contribution in [-0.4, -0.2) is 11.1 Å². The molecule has 3 nitrogen and oxygen atoms in total. The molecule has 0 aromatic heterocycles. The van der Waals surface area contributed by atoms with Crippen molar-refractivity contribution < 1.29 is 9.90 Å². The molecule has 0 spiro atoms.